The van der Waals surface area contributed by atoms with Gasteiger partial charge in [0, 0.05) is 30.8 Å². The molecule has 6 nitrogen and oxygen atoms in total. The molecule has 0 spiro atoms. The summed E-state index contributed by atoms with van der Waals surface area (Å²) in [6, 6.07) is 16.6. The highest BCUT2D eigenvalue weighted by Crippen LogP contribution is 2.38. The minimum atomic E-state index is -4.57. The molecule has 0 atom stereocenters. The van der Waals surface area contributed by atoms with Crippen LogP contribution in [0.25, 0.3) is 11.1 Å². The number of para-hydroxylation sites is 1. The van der Waals surface area contributed by atoms with Gasteiger partial charge in [-0.1, -0.05) is 30.3 Å². The van der Waals surface area contributed by atoms with Crippen LogP contribution in [-0.4, -0.2) is 41.1 Å². The van der Waals surface area contributed by atoms with Crippen LogP contribution >= 0.6 is 0 Å². The van der Waals surface area contributed by atoms with E-state index in [0.717, 1.165) is 12.1 Å². The predicted octanol–water partition coefficient (Wildman–Crippen LogP) is 5.29. The molecule has 0 heterocycles. The summed E-state index contributed by atoms with van der Waals surface area (Å²) in [6.45, 7) is 1.90. The van der Waals surface area contributed by atoms with Crippen molar-refractivity contribution >= 4 is 11.7 Å². The van der Waals surface area contributed by atoms with Crippen LogP contribution in [0.4, 0.5) is 23.7 Å². The summed E-state index contributed by atoms with van der Waals surface area (Å²) in [6.07, 6.45) is -6.21. The lowest BCUT2D eigenvalue weighted by Gasteiger charge is -2.24. The Labute approximate surface area is 201 Å². The Hall–Kier alpha value is -3.56. The Morgan fingerprint density at radius 2 is 1.74 bits per heavy atom. The number of methoxy groups -OCH3 is 1. The molecule has 0 aliphatic carbocycles. The van der Waals surface area contributed by atoms with E-state index in [2.05, 4.69) is 5.32 Å². The fourth-order valence-corrected chi connectivity index (χ4v) is 3.72. The molecular weight excluding hydrogens is 461 g/mol. The maximum atomic E-state index is 13.5. The van der Waals surface area contributed by atoms with Gasteiger partial charge in [0.05, 0.1) is 12.7 Å². The molecule has 35 heavy (non-hydrogen) atoms. The van der Waals surface area contributed by atoms with Crippen LogP contribution in [0.2, 0.25) is 0 Å². The third kappa shape index (κ3) is 6.74. The number of carbonyl (C=O) groups is 1. The maximum absolute atomic E-state index is 13.5. The smallest absolute Gasteiger partial charge is 0.416 e. The highest BCUT2D eigenvalue weighted by molar-refractivity contribution is 5.89. The van der Waals surface area contributed by atoms with Gasteiger partial charge in [-0.2, -0.15) is 13.2 Å². The number of aliphatic hydroxyl groups is 2. The lowest BCUT2D eigenvalue weighted by atomic mass is 9.94. The average Bonchev–Trinajstić information content (AvgIpc) is 2.82. The molecule has 0 unspecified atom stereocenters. The van der Waals surface area contributed by atoms with Gasteiger partial charge in [0.2, 0.25) is 0 Å². The summed E-state index contributed by atoms with van der Waals surface area (Å²) in [5.74, 6) is 0.402. The number of benzene rings is 3. The van der Waals surface area contributed by atoms with E-state index >= 15 is 0 Å². The van der Waals surface area contributed by atoms with E-state index in [1.165, 1.54) is 18.1 Å². The van der Waals surface area contributed by atoms with Crippen molar-refractivity contribution in [3.63, 3.8) is 0 Å². The minimum absolute atomic E-state index is 0.0620. The number of nitrogens with one attached hydrogen (secondary N) is 1. The number of urea groups is 1. The molecule has 9 heteroatoms. The highest BCUT2D eigenvalue weighted by Gasteiger charge is 2.31. The number of alkyl halides is 3. The number of rotatable bonds is 8. The van der Waals surface area contributed by atoms with E-state index in [-0.39, 0.29) is 25.1 Å². The molecular formula is C26H27F3N2O4. The number of ether oxygens (including phenoxy) is 1. The first kappa shape index (κ1) is 26.1. The van der Waals surface area contributed by atoms with Crippen LogP contribution in [0, 0.1) is 0 Å². The first-order chi connectivity index (χ1) is 16.6. The van der Waals surface area contributed by atoms with E-state index in [1.807, 2.05) is 0 Å². The van der Waals surface area contributed by atoms with Gasteiger partial charge in [-0.15, -0.1) is 0 Å². The molecule has 0 aromatic heterocycles. The topological polar surface area (TPSA) is 82.0 Å². The van der Waals surface area contributed by atoms with Crippen LogP contribution in [0.1, 0.15) is 23.6 Å². The van der Waals surface area contributed by atoms with E-state index in [1.54, 1.807) is 55.5 Å². The lowest BCUT2D eigenvalue weighted by molar-refractivity contribution is -0.137. The molecule has 186 valence electrons. The number of nitrogens with zero attached hydrogens (tertiary/aromatic N) is 1. The van der Waals surface area contributed by atoms with Gasteiger partial charge in [-0.3, -0.25) is 0 Å². The van der Waals surface area contributed by atoms with Crippen LogP contribution in [0.15, 0.2) is 66.7 Å². The summed E-state index contributed by atoms with van der Waals surface area (Å²) in [7, 11) is 1.44. The number of hydrogen-bond acceptors (Lipinski definition) is 4. The third-order valence-electron chi connectivity index (χ3n) is 5.46. The highest BCUT2D eigenvalue weighted by atomic mass is 19.4. The van der Waals surface area contributed by atoms with Crippen LogP contribution in [0.3, 0.4) is 0 Å². The fourth-order valence-electron chi connectivity index (χ4n) is 3.72. The van der Waals surface area contributed by atoms with Gasteiger partial charge in [0.25, 0.3) is 0 Å². The zero-order valence-electron chi connectivity index (χ0n) is 19.3. The molecule has 3 N–H and O–H groups in total. The predicted molar refractivity (Wildman–Crippen MR) is 127 cm³/mol. The second-order valence-electron chi connectivity index (χ2n) is 7.90. The van der Waals surface area contributed by atoms with Crippen LogP contribution in [0.5, 0.6) is 5.75 Å². The van der Waals surface area contributed by atoms with Crippen molar-refractivity contribution in [2.45, 2.75) is 32.4 Å². The molecule has 0 aliphatic heterocycles. The maximum Gasteiger partial charge on any atom is 0.416 e. The van der Waals surface area contributed by atoms with Gasteiger partial charge in [-0.25, -0.2) is 4.79 Å². The summed E-state index contributed by atoms with van der Waals surface area (Å²) in [5.41, 5.74) is 1.48. The van der Waals surface area contributed by atoms with Crippen LogP contribution < -0.4 is 10.1 Å². The molecule has 3 aromatic rings. The minimum Gasteiger partial charge on any atom is -0.496 e. The average molecular weight is 489 g/mol. The fraction of sp³-hybridized carbons (Fsp3) is 0.269. The number of carbonyl (C=O) groups excluding carboxylic acids is 1. The SMILES string of the molecule is CCN(Cc1cc(C(F)(F)F)ccc1-c1cc(CC(O)O)ccc1OC)C(=O)Nc1ccccc1. The molecule has 0 bridgehead atoms. The van der Waals surface area contributed by atoms with Gasteiger partial charge >= 0.3 is 12.2 Å². The number of anilines is 1. The molecule has 2 amide bonds. The molecule has 0 fully saturated rings. The number of aliphatic hydroxyl groups excluding tert-OH is 1. The molecule has 3 aromatic carbocycles. The van der Waals surface area contributed by atoms with Crippen molar-refractivity contribution in [2.75, 3.05) is 19.0 Å². The molecule has 0 aliphatic rings. The summed E-state index contributed by atoms with van der Waals surface area (Å²) in [5, 5.41) is 21.5. The molecule has 0 saturated heterocycles. The Morgan fingerprint density at radius 1 is 1.03 bits per heavy atom. The monoisotopic (exact) mass is 488 g/mol. The largest absolute Gasteiger partial charge is 0.496 e. The molecule has 3 rings (SSSR count). The van der Waals surface area contributed by atoms with Crippen molar-refractivity contribution in [2.24, 2.45) is 0 Å². The first-order valence-electron chi connectivity index (χ1n) is 11.0. The normalized spacial score (nSPS) is 11.4. The van der Waals surface area contributed by atoms with Crippen LogP contribution in [-0.2, 0) is 19.1 Å². The van der Waals surface area contributed by atoms with Gasteiger partial charge in [0.15, 0.2) is 6.29 Å². The van der Waals surface area contributed by atoms with Crippen molar-refractivity contribution in [3.05, 3.63) is 83.4 Å². The summed E-state index contributed by atoms with van der Waals surface area (Å²) in [4.78, 5) is 14.3. The number of hydrogen-bond donors (Lipinski definition) is 3. The standard InChI is InChI=1S/C26H27F3N2O4/c1-3-31(25(34)30-20-7-5-4-6-8-20)16-18-15-19(26(27,28)29)10-11-21(18)22-13-17(14-24(32)33)9-12-23(22)35-2/h4-13,15,24,32-33H,3,14,16H2,1-2H3,(H,30,34). The van der Waals surface area contributed by atoms with E-state index in [4.69, 9.17) is 4.74 Å². The van der Waals surface area contributed by atoms with Crippen molar-refractivity contribution in [1.82, 2.24) is 4.90 Å². The Bertz CT molecular complexity index is 1150. The Morgan fingerprint density at radius 3 is 2.34 bits per heavy atom. The van der Waals surface area contributed by atoms with Gasteiger partial charge in [0.1, 0.15) is 5.75 Å². The number of amides is 2. The van der Waals surface area contributed by atoms with Gasteiger partial charge < -0.3 is 25.2 Å². The molecule has 0 radical (unpaired) electrons. The lowest BCUT2D eigenvalue weighted by Crippen LogP contribution is -2.34. The number of halogens is 3. The van der Waals surface area contributed by atoms with E-state index in [9.17, 15) is 28.2 Å². The van der Waals surface area contributed by atoms with Gasteiger partial charge in [-0.05, 0) is 60.0 Å². The first-order valence-corrected chi connectivity index (χ1v) is 11.0. The summed E-state index contributed by atoms with van der Waals surface area (Å²) < 4.78 is 46.1. The van der Waals surface area contributed by atoms with Crippen molar-refractivity contribution in [1.29, 1.82) is 0 Å². The quantitative estimate of drug-likeness (QED) is 0.377. The third-order valence-corrected chi connectivity index (χ3v) is 5.46. The Kier molecular flexibility index (Phi) is 8.37. The van der Waals surface area contributed by atoms with Crippen molar-refractivity contribution in [3.8, 4) is 16.9 Å². The van der Waals surface area contributed by atoms with Crippen molar-refractivity contribution < 1.29 is 32.9 Å². The zero-order valence-corrected chi connectivity index (χ0v) is 19.3. The van der Waals surface area contributed by atoms with E-state index < -0.39 is 24.1 Å². The summed E-state index contributed by atoms with van der Waals surface area (Å²) >= 11 is 0. The second kappa shape index (κ2) is 11.2. The van der Waals surface area contributed by atoms with E-state index in [0.29, 0.717) is 28.1 Å². The zero-order chi connectivity index (χ0) is 25.6. The molecule has 0 saturated carbocycles. The second-order valence-corrected chi connectivity index (χ2v) is 7.90. The Balaban J connectivity index is 2.05.